The number of fused-ring (bicyclic) bond motifs is 8. The first-order valence-corrected chi connectivity index (χ1v) is 17.9. The molecule has 0 fully saturated rings. The van der Waals surface area contributed by atoms with Gasteiger partial charge in [0.05, 0.1) is 20.4 Å². The van der Waals surface area contributed by atoms with E-state index >= 15 is 0 Å². The number of aromatic nitrogens is 1. The van der Waals surface area contributed by atoms with Gasteiger partial charge in [0.25, 0.3) is 0 Å². The lowest BCUT2D eigenvalue weighted by atomic mass is 10.0. The summed E-state index contributed by atoms with van der Waals surface area (Å²) in [4.78, 5) is 2.36. The summed E-state index contributed by atoms with van der Waals surface area (Å²) in [6, 6.07) is 56.9. The van der Waals surface area contributed by atoms with Crippen LogP contribution in [0, 0.1) is 5.82 Å². The van der Waals surface area contributed by atoms with E-state index in [1.54, 1.807) is 0 Å². The molecule has 0 bridgehead atoms. The van der Waals surface area contributed by atoms with Crippen molar-refractivity contribution < 1.29 is 4.39 Å². The summed E-state index contributed by atoms with van der Waals surface area (Å²) < 4.78 is 21.5. The zero-order chi connectivity index (χ0) is 32.5. The van der Waals surface area contributed by atoms with E-state index in [0.29, 0.717) is 0 Å². The van der Waals surface area contributed by atoms with E-state index < -0.39 is 0 Å². The standard InChI is InChI=1S/C44H27FN2S2/c45-30-16-20-32(21-17-30)47-39-12-6-4-10-35(39)38-26-33(23-25-40(38)47)46(31-18-14-29(15-19-31)28-8-2-1-3-9-28)34-22-24-37-42(27-34)49-43-36-11-5-7-13-41(36)48-44(37)43/h1-27H. The normalized spacial score (nSPS) is 11.8. The lowest BCUT2D eigenvalue weighted by Crippen LogP contribution is -2.09. The summed E-state index contributed by atoms with van der Waals surface area (Å²) in [5.74, 6) is -0.239. The average molecular weight is 667 g/mol. The summed E-state index contributed by atoms with van der Waals surface area (Å²) in [6.45, 7) is 0. The number of halogens is 1. The van der Waals surface area contributed by atoms with Crippen LogP contribution in [0.5, 0.6) is 0 Å². The van der Waals surface area contributed by atoms with Crippen LogP contribution in [-0.4, -0.2) is 4.57 Å². The molecule has 232 valence electrons. The number of anilines is 3. The maximum atomic E-state index is 13.9. The van der Waals surface area contributed by atoms with Gasteiger partial charge >= 0.3 is 0 Å². The van der Waals surface area contributed by atoms with Crippen molar-refractivity contribution >= 4 is 91.1 Å². The Morgan fingerprint density at radius 3 is 1.84 bits per heavy atom. The van der Waals surface area contributed by atoms with E-state index in [1.165, 1.54) is 52.8 Å². The molecule has 0 unspecified atom stereocenters. The summed E-state index contributed by atoms with van der Waals surface area (Å²) in [5, 5.41) is 4.94. The Morgan fingerprint density at radius 2 is 1.02 bits per heavy atom. The number of benzene rings is 7. The molecule has 5 heteroatoms. The van der Waals surface area contributed by atoms with E-state index in [9.17, 15) is 4.39 Å². The molecule has 10 rings (SSSR count). The summed E-state index contributed by atoms with van der Waals surface area (Å²) >= 11 is 3.76. The number of para-hydroxylation sites is 1. The first kappa shape index (κ1) is 28.3. The fourth-order valence-electron chi connectivity index (χ4n) is 7.18. The zero-order valence-electron chi connectivity index (χ0n) is 26.2. The third-order valence-electron chi connectivity index (χ3n) is 9.46. The molecule has 0 amide bonds. The van der Waals surface area contributed by atoms with Crippen molar-refractivity contribution in [3.8, 4) is 16.8 Å². The minimum absolute atomic E-state index is 0.239. The van der Waals surface area contributed by atoms with E-state index in [0.717, 1.165) is 44.6 Å². The number of hydrogen-bond acceptors (Lipinski definition) is 3. The smallest absolute Gasteiger partial charge is 0.123 e. The molecule has 49 heavy (non-hydrogen) atoms. The summed E-state index contributed by atoms with van der Waals surface area (Å²) in [5.41, 5.74) is 8.76. The van der Waals surface area contributed by atoms with Crippen molar-refractivity contribution in [1.29, 1.82) is 0 Å². The molecule has 0 aliphatic carbocycles. The summed E-state index contributed by atoms with van der Waals surface area (Å²) in [7, 11) is 0. The Bertz CT molecular complexity index is 2830. The third kappa shape index (κ3) is 4.58. The van der Waals surface area contributed by atoms with Crippen LogP contribution < -0.4 is 4.90 Å². The van der Waals surface area contributed by atoms with Crippen molar-refractivity contribution in [2.45, 2.75) is 0 Å². The zero-order valence-corrected chi connectivity index (χ0v) is 27.8. The SMILES string of the molecule is Fc1ccc(-n2c3ccccc3c3cc(N(c4ccc(-c5ccccc5)cc4)c4ccc5c(c4)sc4c6ccccc6sc54)ccc32)cc1. The maximum absolute atomic E-state index is 13.9. The Labute approximate surface area is 290 Å². The molecule has 0 radical (unpaired) electrons. The predicted molar refractivity (Wildman–Crippen MR) is 209 cm³/mol. The minimum atomic E-state index is -0.239. The van der Waals surface area contributed by atoms with Crippen molar-refractivity contribution in [3.05, 3.63) is 170 Å². The van der Waals surface area contributed by atoms with Crippen molar-refractivity contribution in [2.24, 2.45) is 0 Å². The van der Waals surface area contributed by atoms with Crippen molar-refractivity contribution in [2.75, 3.05) is 4.90 Å². The largest absolute Gasteiger partial charge is 0.310 e. The van der Waals surface area contributed by atoms with Crippen LogP contribution in [-0.2, 0) is 0 Å². The molecule has 3 heterocycles. The highest BCUT2D eigenvalue weighted by Crippen LogP contribution is 2.47. The Morgan fingerprint density at radius 1 is 0.429 bits per heavy atom. The van der Waals surface area contributed by atoms with Crippen molar-refractivity contribution in [1.82, 2.24) is 4.57 Å². The van der Waals surface area contributed by atoms with Crippen LogP contribution in [0.2, 0.25) is 0 Å². The molecular formula is C44H27FN2S2. The Balaban J connectivity index is 1.17. The number of thiophene rings is 2. The fraction of sp³-hybridized carbons (Fsp3) is 0. The van der Waals surface area contributed by atoms with Gasteiger partial charge in [-0.05, 0) is 90.0 Å². The van der Waals surface area contributed by atoms with Gasteiger partial charge in [-0.1, -0.05) is 84.9 Å². The van der Waals surface area contributed by atoms with Gasteiger partial charge in [0.1, 0.15) is 5.82 Å². The highest BCUT2D eigenvalue weighted by molar-refractivity contribution is 7.36. The Hall–Kier alpha value is -5.75. The second-order valence-corrected chi connectivity index (χ2v) is 14.4. The molecule has 0 saturated heterocycles. The quantitative estimate of drug-likeness (QED) is 0.177. The third-order valence-corrected chi connectivity index (χ3v) is 12.0. The molecule has 0 atom stereocenters. The molecule has 2 nitrogen and oxygen atoms in total. The van der Waals surface area contributed by atoms with Gasteiger partial charge in [-0.25, -0.2) is 4.39 Å². The molecule has 3 aromatic heterocycles. The molecule has 0 aliphatic heterocycles. The molecule has 10 aromatic rings. The lowest BCUT2D eigenvalue weighted by Gasteiger charge is -2.26. The van der Waals surface area contributed by atoms with Crippen molar-refractivity contribution in [3.63, 3.8) is 0 Å². The molecular weight excluding hydrogens is 640 g/mol. The number of hydrogen-bond donors (Lipinski definition) is 0. The van der Waals surface area contributed by atoms with Gasteiger partial charge in [0.2, 0.25) is 0 Å². The average Bonchev–Trinajstić information content (AvgIpc) is 3.81. The van der Waals surface area contributed by atoms with Gasteiger partial charge in [-0.15, -0.1) is 22.7 Å². The van der Waals surface area contributed by atoms with Gasteiger partial charge in [0.15, 0.2) is 0 Å². The van der Waals surface area contributed by atoms with Crippen LogP contribution in [0.15, 0.2) is 164 Å². The number of rotatable bonds is 5. The second-order valence-electron chi connectivity index (χ2n) is 12.3. The monoisotopic (exact) mass is 666 g/mol. The van der Waals surface area contributed by atoms with Gasteiger partial charge < -0.3 is 9.47 Å². The van der Waals surface area contributed by atoms with E-state index in [1.807, 2.05) is 34.8 Å². The van der Waals surface area contributed by atoms with Crippen LogP contribution in [0.1, 0.15) is 0 Å². The lowest BCUT2D eigenvalue weighted by molar-refractivity contribution is 0.627. The van der Waals surface area contributed by atoms with Crippen LogP contribution in [0.4, 0.5) is 21.5 Å². The van der Waals surface area contributed by atoms with Crippen LogP contribution in [0.25, 0.3) is 68.2 Å². The van der Waals surface area contributed by atoms with E-state index in [2.05, 4.69) is 149 Å². The van der Waals surface area contributed by atoms with E-state index in [-0.39, 0.29) is 5.82 Å². The molecule has 0 aliphatic rings. The molecule has 0 spiro atoms. The molecule has 0 saturated carbocycles. The first-order valence-electron chi connectivity index (χ1n) is 16.3. The van der Waals surface area contributed by atoms with Gasteiger partial charge in [-0.3, -0.25) is 0 Å². The maximum Gasteiger partial charge on any atom is 0.123 e. The topological polar surface area (TPSA) is 8.17 Å². The van der Waals surface area contributed by atoms with Gasteiger partial charge in [0, 0.05) is 53.7 Å². The predicted octanol–water partition coefficient (Wildman–Crippen LogP) is 13.6. The molecule has 7 aromatic carbocycles. The first-order chi connectivity index (χ1) is 24.2. The van der Waals surface area contributed by atoms with Crippen LogP contribution >= 0.6 is 22.7 Å². The number of nitrogens with zero attached hydrogens (tertiary/aromatic N) is 2. The summed E-state index contributed by atoms with van der Waals surface area (Å²) in [6.07, 6.45) is 0. The highest BCUT2D eigenvalue weighted by atomic mass is 32.1. The second kappa shape index (κ2) is 11.2. The van der Waals surface area contributed by atoms with E-state index in [4.69, 9.17) is 0 Å². The minimum Gasteiger partial charge on any atom is -0.310 e. The highest BCUT2D eigenvalue weighted by Gasteiger charge is 2.19. The Kier molecular flexibility index (Phi) is 6.44. The van der Waals surface area contributed by atoms with Gasteiger partial charge in [-0.2, -0.15) is 0 Å². The fourth-order valence-corrected chi connectivity index (χ4v) is 9.87. The van der Waals surface area contributed by atoms with Crippen LogP contribution in [0.3, 0.4) is 0 Å². The molecule has 0 N–H and O–H groups in total.